The Labute approximate surface area is 136 Å². The van der Waals surface area contributed by atoms with Crippen LogP contribution >= 0.6 is 7.59 Å². The summed E-state index contributed by atoms with van der Waals surface area (Å²) in [6, 6.07) is 4.66. The van der Waals surface area contributed by atoms with E-state index in [9.17, 15) is 9.67 Å². The van der Waals surface area contributed by atoms with Crippen molar-refractivity contribution in [3.8, 4) is 5.75 Å². The molecule has 0 spiro atoms. The van der Waals surface area contributed by atoms with Crippen LogP contribution in [0.4, 0.5) is 11.4 Å². The first-order valence-corrected chi connectivity index (χ1v) is 7.75. The van der Waals surface area contributed by atoms with Crippen molar-refractivity contribution in [2.45, 2.75) is 31.7 Å². The molecule has 19 heavy (non-hydrogen) atoms. The van der Waals surface area contributed by atoms with E-state index < -0.39 is 7.59 Å². The molecule has 1 aliphatic carbocycles. The van der Waals surface area contributed by atoms with E-state index in [1.165, 1.54) is 10.7 Å². The van der Waals surface area contributed by atoms with E-state index in [1.807, 2.05) is 0 Å². The van der Waals surface area contributed by atoms with Crippen molar-refractivity contribution in [1.82, 2.24) is 0 Å². The molecule has 0 unspecified atom stereocenters. The van der Waals surface area contributed by atoms with Crippen LogP contribution in [0, 0.1) is 0 Å². The normalized spacial score (nSPS) is 16.1. The van der Waals surface area contributed by atoms with Crippen molar-refractivity contribution in [1.29, 1.82) is 0 Å². The fourth-order valence-electron chi connectivity index (χ4n) is 2.50. The number of rotatable bonds is 3. The summed E-state index contributed by atoms with van der Waals surface area (Å²) in [5.74, 6) is -0.0435. The molecule has 1 saturated carbocycles. The second-order valence-corrected chi connectivity index (χ2v) is 6.48. The van der Waals surface area contributed by atoms with Gasteiger partial charge in [-0.3, -0.25) is 20.2 Å². The summed E-state index contributed by atoms with van der Waals surface area (Å²) in [5, 5.41) is 9.93. The minimum absolute atomic E-state index is 0. The zero-order valence-corrected chi connectivity index (χ0v) is 14.0. The van der Waals surface area contributed by atoms with Crippen LogP contribution in [0.5, 0.6) is 5.75 Å². The number of nitrogen functional groups attached to an aromatic ring is 1. The molecule has 8 heteroatoms. The van der Waals surface area contributed by atoms with Gasteiger partial charge in [-0.2, -0.15) is 0 Å². The fraction of sp³-hybridized carbons (Fsp3) is 0.455. The third-order valence-corrected chi connectivity index (χ3v) is 4.47. The van der Waals surface area contributed by atoms with Gasteiger partial charge >= 0.3 is 37.2 Å². The largest absolute Gasteiger partial charge is 1.00 e. The summed E-state index contributed by atoms with van der Waals surface area (Å²) >= 11 is 0. The first-order valence-electron chi connectivity index (χ1n) is 5.95. The Bertz CT molecular complexity index is 493. The molecule has 1 fully saturated rings. The molecule has 0 saturated heterocycles. The van der Waals surface area contributed by atoms with Crippen molar-refractivity contribution < 1.29 is 40.7 Å². The van der Waals surface area contributed by atoms with Crippen LogP contribution in [0.2, 0.25) is 0 Å². The van der Waals surface area contributed by atoms with E-state index in [0.717, 1.165) is 25.7 Å². The standard InChI is InChI=1S/C11H19N4O2P.Na.H/c12-8-5-6-10(11(16)7-8)15(18(13,14)17)9-3-1-2-4-9;;/h5-7,9,16H,1-4,12H2,(H4,13,14,17);;/q;+1;-1. The Hall–Kier alpha value is -0.230. The van der Waals surface area contributed by atoms with Crippen molar-refractivity contribution in [2.24, 2.45) is 11.0 Å². The number of benzene rings is 1. The molecule has 1 aromatic carbocycles. The van der Waals surface area contributed by atoms with Crippen LogP contribution < -0.4 is 51.0 Å². The monoisotopic (exact) mass is 294 g/mol. The molecule has 102 valence electrons. The third kappa shape index (κ3) is 3.88. The average molecular weight is 294 g/mol. The molecule has 0 amide bonds. The Morgan fingerprint density at radius 2 is 1.89 bits per heavy atom. The summed E-state index contributed by atoms with van der Waals surface area (Å²) in [6.45, 7) is 0. The first kappa shape index (κ1) is 16.8. The average Bonchev–Trinajstić information content (AvgIpc) is 2.73. The van der Waals surface area contributed by atoms with Gasteiger partial charge in [-0.15, -0.1) is 0 Å². The predicted molar refractivity (Wildman–Crippen MR) is 74.3 cm³/mol. The van der Waals surface area contributed by atoms with Crippen LogP contribution in [0.3, 0.4) is 0 Å². The quantitative estimate of drug-likeness (QED) is 0.318. The van der Waals surface area contributed by atoms with Crippen LogP contribution in [-0.4, -0.2) is 11.1 Å². The SMILES string of the molecule is Nc1ccc(N(C2CCCC2)P(N)(N)=O)c(O)c1.[H-].[Na+]. The van der Waals surface area contributed by atoms with Crippen LogP contribution in [0.25, 0.3) is 0 Å². The number of phenols is 1. The molecule has 7 N–H and O–H groups in total. The molecule has 0 aliphatic heterocycles. The summed E-state index contributed by atoms with van der Waals surface area (Å²) in [5.41, 5.74) is 17.6. The fourth-order valence-corrected chi connectivity index (χ4v) is 3.75. The molecule has 1 aliphatic rings. The second-order valence-electron chi connectivity index (χ2n) is 4.70. The van der Waals surface area contributed by atoms with Gasteiger partial charge in [-0.1, -0.05) is 12.8 Å². The Balaban J connectivity index is 0.00000180. The van der Waals surface area contributed by atoms with Crippen molar-refractivity contribution in [2.75, 3.05) is 10.4 Å². The van der Waals surface area contributed by atoms with E-state index in [-0.39, 0.29) is 42.8 Å². The van der Waals surface area contributed by atoms with E-state index in [2.05, 4.69) is 0 Å². The smallest absolute Gasteiger partial charge is 1.00 e. The number of nitrogens with two attached hydrogens (primary N) is 3. The van der Waals surface area contributed by atoms with Gasteiger partial charge in [0, 0.05) is 17.8 Å². The van der Waals surface area contributed by atoms with Gasteiger partial charge in [0.2, 0.25) is 0 Å². The number of hydrogen-bond acceptors (Lipinski definition) is 3. The van der Waals surface area contributed by atoms with Crippen LogP contribution in [0.1, 0.15) is 27.1 Å². The molecule has 1 aromatic rings. The molecule has 0 radical (unpaired) electrons. The Kier molecular flexibility index (Phi) is 5.74. The van der Waals surface area contributed by atoms with Crippen LogP contribution in [-0.2, 0) is 4.57 Å². The number of aromatic hydroxyl groups is 1. The molecule has 0 aromatic heterocycles. The van der Waals surface area contributed by atoms with Gasteiger partial charge in [0.05, 0.1) is 5.69 Å². The Morgan fingerprint density at radius 1 is 1.32 bits per heavy atom. The maximum absolute atomic E-state index is 12.1. The zero-order chi connectivity index (χ0) is 13.3. The van der Waals surface area contributed by atoms with Gasteiger partial charge in [0.15, 0.2) is 0 Å². The number of anilines is 2. The number of hydrogen-bond donors (Lipinski definition) is 4. The molecule has 0 heterocycles. The summed E-state index contributed by atoms with van der Waals surface area (Å²) in [6.07, 6.45) is 3.86. The maximum atomic E-state index is 12.1. The molecular weight excluding hydrogens is 274 g/mol. The van der Waals surface area contributed by atoms with Gasteiger partial charge in [0.1, 0.15) is 5.75 Å². The molecule has 0 atom stereocenters. The number of nitrogens with zero attached hydrogens (tertiary/aromatic N) is 1. The van der Waals surface area contributed by atoms with Crippen molar-refractivity contribution in [3.63, 3.8) is 0 Å². The van der Waals surface area contributed by atoms with Gasteiger partial charge in [-0.25, -0.2) is 0 Å². The van der Waals surface area contributed by atoms with E-state index in [0.29, 0.717) is 11.4 Å². The van der Waals surface area contributed by atoms with E-state index >= 15 is 0 Å². The minimum Gasteiger partial charge on any atom is -1.00 e. The van der Waals surface area contributed by atoms with Crippen molar-refractivity contribution in [3.05, 3.63) is 18.2 Å². The molecule has 6 nitrogen and oxygen atoms in total. The topological polar surface area (TPSA) is 119 Å². The second kappa shape index (κ2) is 6.48. The van der Waals surface area contributed by atoms with Gasteiger partial charge in [-0.05, 0) is 25.0 Å². The molecule has 2 rings (SSSR count). The molecular formula is C11H20N4NaO2P. The van der Waals surface area contributed by atoms with Gasteiger partial charge < -0.3 is 12.3 Å². The summed E-state index contributed by atoms with van der Waals surface area (Å²) < 4.78 is 13.5. The first-order chi connectivity index (χ1) is 8.39. The summed E-state index contributed by atoms with van der Waals surface area (Å²) in [7, 11) is -3.46. The maximum Gasteiger partial charge on any atom is 1.00 e. The Morgan fingerprint density at radius 3 is 2.37 bits per heavy atom. The third-order valence-electron chi connectivity index (χ3n) is 3.25. The molecule has 0 bridgehead atoms. The summed E-state index contributed by atoms with van der Waals surface area (Å²) in [4.78, 5) is 0. The van der Waals surface area contributed by atoms with Crippen molar-refractivity contribution >= 4 is 19.0 Å². The van der Waals surface area contributed by atoms with Crippen LogP contribution in [0.15, 0.2) is 18.2 Å². The van der Waals surface area contributed by atoms with Gasteiger partial charge in [0.25, 0.3) is 0 Å². The zero-order valence-electron chi connectivity index (χ0n) is 12.1. The van der Waals surface area contributed by atoms with E-state index in [4.69, 9.17) is 16.7 Å². The predicted octanol–water partition coefficient (Wildman–Crippen LogP) is -1.13. The number of phenolic OH excluding ortho intramolecular Hbond substituents is 1. The van der Waals surface area contributed by atoms with E-state index in [1.54, 1.807) is 12.1 Å². The minimum atomic E-state index is -3.46.